The number of ether oxygens (including phenoxy) is 1. The number of Topliss-reactive ketones (excluding diaryl/α,β-unsaturated/α-hetero) is 1. The number of halogens is 1. The van der Waals surface area contributed by atoms with Crippen molar-refractivity contribution in [3.8, 4) is 0 Å². The summed E-state index contributed by atoms with van der Waals surface area (Å²) in [7, 11) is 0. The molecule has 0 heterocycles. The van der Waals surface area contributed by atoms with Crippen LogP contribution >= 0.6 is 11.6 Å². The largest absolute Gasteiger partial charge is 2.00 e. The van der Waals surface area contributed by atoms with Crippen LogP contribution in [0.1, 0.15) is 13.3 Å². The van der Waals surface area contributed by atoms with Gasteiger partial charge in [-0.15, -0.1) is 11.6 Å². The van der Waals surface area contributed by atoms with E-state index in [0.717, 1.165) is 0 Å². The molecule has 5 heteroatoms. The van der Waals surface area contributed by atoms with Gasteiger partial charge < -0.3 is 4.74 Å². The van der Waals surface area contributed by atoms with E-state index >= 15 is 0 Å². The SMILES string of the molecule is CCOC(=O)CC(=O)CCl.[Cu+2]. The van der Waals surface area contributed by atoms with Crippen LogP contribution in [0.3, 0.4) is 0 Å². The summed E-state index contributed by atoms with van der Waals surface area (Å²) in [5.74, 6) is -0.938. The monoisotopic (exact) mass is 227 g/mol. The van der Waals surface area contributed by atoms with Crippen molar-refractivity contribution in [2.45, 2.75) is 13.3 Å². The molecule has 0 saturated carbocycles. The molecule has 67 valence electrons. The van der Waals surface area contributed by atoms with E-state index < -0.39 is 5.97 Å². The van der Waals surface area contributed by atoms with Crippen molar-refractivity contribution in [1.29, 1.82) is 0 Å². The Morgan fingerprint density at radius 3 is 2.36 bits per heavy atom. The van der Waals surface area contributed by atoms with Crippen LogP contribution in [0.4, 0.5) is 0 Å². The van der Waals surface area contributed by atoms with Crippen molar-refractivity contribution in [3.63, 3.8) is 0 Å². The molecular formula is C6H9ClCuO3+2. The van der Waals surface area contributed by atoms with E-state index in [2.05, 4.69) is 4.74 Å². The Kier molecular flexibility index (Phi) is 9.90. The van der Waals surface area contributed by atoms with Gasteiger partial charge in [-0.2, -0.15) is 0 Å². The molecule has 0 bridgehead atoms. The van der Waals surface area contributed by atoms with Crippen molar-refractivity contribution in [2.24, 2.45) is 0 Å². The zero-order valence-corrected chi connectivity index (χ0v) is 7.72. The third-order valence-electron chi connectivity index (χ3n) is 0.796. The molecule has 0 aliphatic carbocycles. The molecule has 0 fully saturated rings. The molecule has 0 aromatic carbocycles. The topological polar surface area (TPSA) is 43.4 Å². The zero-order valence-electron chi connectivity index (χ0n) is 6.03. The second-order valence-corrected chi connectivity index (χ2v) is 1.92. The fourth-order valence-electron chi connectivity index (χ4n) is 0.420. The van der Waals surface area contributed by atoms with Crippen LogP contribution in [0.2, 0.25) is 0 Å². The number of carbonyl (C=O) groups is 2. The first-order chi connectivity index (χ1) is 4.70. The average molecular weight is 228 g/mol. The van der Waals surface area contributed by atoms with Gasteiger partial charge in [-0.25, -0.2) is 0 Å². The molecule has 0 atom stereocenters. The molecule has 0 aliphatic rings. The second kappa shape index (κ2) is 8.05. The summed E-state index contributed by atoms with van der Waals surface area (Å²) in [5.41, 5.74) is 0. The van der Waals surface area contributed by atoms with Gasteiger partial charge in [0.2, 0.25) is 0 Å². The summed E-state index contributed by atoms with van der Waals surface area (Å²) in [6, 6.07) is 0. The van der Waals surface area contributed by atoms with Gasteiger partial charge in [0.25, 0.3) is 0 Å². The first-order valence-corrected chi connectivity index (χ1v) is 3.47. The van der Waals surface area contributed by atoms with E-state index in [4.69, 9.17) is 11.6 Å². The van der Waals surface area contributed by atoms with Gasteiger partial charge in [0.05, 0.1) is 12.5 Å². The van der Waals surface area contributed by atoms with Crippen LogP contribution in [-0.2, 0) is 31.4 Å². The van der Waals surface area contributed by atoms with Crippen LogP contribution in [-0.4, -0.2) is 24.2 Å². The Hall–Kier alpha value is -0.0505. The number of rotatable bonds is 4. The molecule has 0 amide bonds. The molecule has 0 N–H and O–H groups in total. The quantitative estimate of drug-likeness (QED) is 0.308. The Labute approximate surface area is 80.9 Å². The number of hydrogen-bond donors (Lipinski definition) is 0. The summed E-state index contributed by atoms with van der Waals surface area (Å²) in [4.78, 5) is 21.0. The predicted octanol–water partition coefficient (Wildman–Crippen LogP) is 0.745. The van der Waals surface area contributed by atoms with Gasteiger partial charge in [0.1, 0.15) is 6.42 Å². The van der Waals surface area contributed by atoms with Crippen LogP contribution in [0.15, 0.2) is 0 Å². The van der Waals surface area contributed by atoms with Gasteiger partial charge in [0.15, 0.2) is 5.78 Å². The third kappa shape index (κ3) is 7.85. The van der Waals surface area contributed by atoms with Crippen LogP contribution in [0.25, 0.3) is 0 Å². The van der Waals surface area contributed by atoms with Crippen molar-refractivity contribution in [2.75, 3.05) is 12.5 Å². The first kappa shape index (κ1) is 13.5. The Morgan fingerprint density at radius 1 is 1.45 bits per heavy atom. The van der Waals surface area contributed by atoms with Gasteiger partial charge in [-0.05, 0) is 6.92 Å². The van der Waals surface area contributed by atoms with Crippen LogP contribution in [0, 0.1) is 0 Å². The van der Waals surface area contributed by atoms with Gasteiger partial charge >= 0.3 is 23.0 Å². The summed E-state index contributed by atoms with van der Waals surface area (Å²) >= 11 is 5.14. The molecule has 1 radical (unpaired) electrons. The summed E-state index contributed by atoms with van der Waals surface area (Å²) in [6.07, 6.45) is -0.211. The van der Waals surface area contributed by atoms with E-state index in [9.17, 15) is 9.59 Å². The van der Waals surface area contributed by atoms with Crippen LogP contribution in [0.5, 0.6) is 0 Å². The number of ketones is 1. The van der Waals surface area contributed by atoms with Crippen molar-refractivity contribution < 1.29 is 31.4 Å². The molecule has 0 unspecified atom stereocenters. The fraction of sp³-hybridized carbons (Fsp3) is 0.667. The van der Waals surface area contributed by atoms with E-state index in [0.29, 0.717) is 6.61 Å². The smallest absolute Gasteiger partial charge is 0.466 e. The number of carbonyl (C=O) groups excluding carboxylic acids is 2. The molecule has 0 saturated heterocycles. The molecule has 0 rings (SSSR count). The van der Waals surface area contributed by atoms with Gasteiger partial charge in [-0.3, -0.25) is 9.59 Å². The molecule has 0 spiro atoms. The molecule has 11 heavy (non-hydrogen) atoms. The Balaban J connectivity index is 0. The Bertz CT molecular complexity index is 138. The van der Waals surface area contributed by atoms with Gasteiger partial charge in [-0.1, -0.05) is 0 Å². The van der Waals surface area contributed by atoms with Crippen molar-refractivity contribution in [3.05, 3.63) is 0 Å². The predicted molar refractivity (Wildman–Crippen MR) is 37.0 cm³/mol. The minimum atomic E-state index is -0.506. The second-order valence-electron chi connectivity index (χ2n) is 1.65. The van der Waals surface area contributed by atoms with Gasteiger partial charge in [0, 0.05) is 0 Å². The molecule has 0 aromatic rings. The maximum absolute atomic E-state index is 10.5. The average Bonchev–Trinajstić information content (AvgIpc) is 1.88. The van der Waals surface area contributed by atoms with Crippen molar-refractivity contribution >= 4 is 23.4 Å². The molecule has 0 aliphatic heterocycles. The minimum Gasteiger partial charge on any atom is -0.466 e. The maximum Gasteiger partial charge on any atom is 2.00 e. The third-order valence-corrected chi connectivity index (χ3v) is 1.09. The summed E-state index contributed by atoms with van der Waals surface area (Å²) in [6.45, 7) is 1.98. The van der Waals surface area contributed by atoms with Crippen LogP contribution < -0.4 is 0 Å². The van der Waals surface area contributed by atoms with E-state index in [1.165, 1.54) is 0 Å². The number of esters is 1. The molecular weight excluding hydrogens is 219 g/mol. The summed E-state index contributed by atoms with van der Waals surface area (Å²) in [5, 5.41) is 0. The van der Waals surface area contributed by atoms with E-state index in [-0.39, 0.29) is 35.2 Å². The first-order valence-electron chi connectivity index (χ1n) is 2.94. The summed E-state index contributed by atoms with van der Waals surface area (Å²) < 4.78 is 4.50. The Morgan fingerprint density at radius 2 is 2.00 bits per heavy atom. The van der Waals surface area contributed by atoms with Crippen molar-refractivity contribution in [1.82, 2.24) is 0 Å². The number of hydrogen-bond acceptors (Lipinski definition) is 3. The number of alkyl halides is 1. The fourth-order valence-corrected chi connectivity index (χ4v) is 0.515. The zero-order chi connectivity index (χ0) is 7.98. The maximum atomic E-state index is 10.5. The van der Waals surface area contributed by atoms with E-state index in [1.54, 1.807) is 6.92 Å². The normalized spacial score (nSPS) is 8.18. The minimum absolute atomic E-state index is 0. The molecule has 3 nitrogen and oxygen atoms in total. The van der Waals surface area contributed by atoms with E-state index in [1.807, 2.05) is 0 Å². The standard InChI is InChI=1S/C6H9ClO3.Cu/c1-2-10-6(9)3-5(8)4-7;/h2-4H2,1H3;/q;+2. The molecule has 0 aromatic heterocycles.